The van der Waals surface area contributed by atoms with Crippen LogP contribution in [-0.2, 0) is 4.79 Å². The maximum Gasteiger partial charge on any atom is 0.270 e. The largest absolute Gasteiger partial charge is 0.328 e. The van der Waals surface area contributed by atoms with Crippen LogP contribution in [0.5, 0.6) is 0 Å². The maximum absolute atomic E-state index is 13.5. The molecule has 1 amide bonds. The molecule has 1 aliphatic heterocycles. The molecule has 4 aromatic rings. The number of carbonyl (C=O) groups is 1. The minimum atomic E-state index is -0.604. The van der Waals surface area contributed by atoms with Gasteiger partial charge in [0.2, 0.25) is 5.95 Å². The number of rotatable bonds is 5. The number of carbonyl (C=O) groups excluding carboxylic acids is 1. The van der Waals surface area contributed by atoms with E-state index in [1.807, 2.05) is 42.5 Å². The Morgan fingerprint density at radius 3 is 2.54 bits per heavy atom. The van der Waals surface area contributed by atoms with Gasteiger partial charge in [0.15, 0.2) is 5.82 Å². The first-order valence-corrected chi connectivity index (χ1v) is 11.1. The Balaban J connectivity index is 1.60. The molecule has 9 nitrogen and oxygen atoms in total. The monoisotopic (exact) mass is 486 g/mol. The Labute approximate surface area is 205 Å². The summed E-state index contributed by atoms with van der Waals surface area (Å²) in [7, 11) is 0. The first kappa shape index (κ1) is 22.3. The van der Waals surface area contributed by atoms with Crippen LogP contribution >= 0.6 is 11.6 Å². The van der Waals surface area contributed by atoms with E-state index >= 15 is 0 Å². The average molecular weight is 487 g/mol. The summed E-state index contributed by atoms with van der Waals surface area (Å²) in [6.45, 7) is 1.80. The number of aromatic nitrogens is 3. The standard InChI is InChI=1S/C25H19ClN6O3/c1-15-21(24(33)28-19-7-3-2-4-8-19)22(16-10-12-18(26)13-11-16)31-25(27-15)29-23(30-31)17-6-5-9-20(14-17)32(34)35/h2-14,22H,1H3,(H,28,33)(H,27,29,30). The van der Waals surface area contributed by atoms with Gasteiger partial charge in [-0.2, -0.15) is 4.98 Å². The number of non-ortho nitro benzene ring substituents is 1. The normalized spacial score (nSPS) is 14.7. The highest BCUT2D eigenvalue weighted by atomic mass is 35.5. The quantitative estimate of drug-likeness (QED) is 0.287. The number of nitrogens with one attached hydrogen (secondary N) is 2. The van der Waals surface area contributed by atoms with E-state index in [4.69, 9.17) is 11.6 Å². The highest BCUT2D eigenvalue weighted by Crippen LogP contribution is 2.37. The molecule has 5 rings (SSSR count). The first-order chi connectivity index (χ1) is 16.9. The van der Waals surface area contributed by atoms with Crippen molar-refractivity contribution in [2.45, 2.75) is 13.0 Å². The van der Waals surface area contributed by atoms with Gasteiger partial charge in [-0.15, -0.1) is 5.10 Å². The molecule has 2 N–H and O–H groups in total. The molecule has 0 saturated carbocycles. The second kappa shape index (κ2) is 9.03. The molecule has 1 aromatic heterocycles. The number of amides is 1. The number of anilines is 2. The van der Waals surface area contributed by atoms with Crippen molar-refractivity contribution in [1.29, 1.82) is 0 Å². The van der Waals surface area contributed by atoms with Gasteiger partial charge in [-0.05, 0) is 36.8 Å². The van der Waals surface area contributed by atoms with Crippen LogP contribution in [0.3, 0.4) is 0 Å². The van der Waals surface area contributed by atoms with Gasteiger partial charge in [-0.25, -0.2) is 4.68 Å². The Hall–Kier alpha value is -4.50. The lowest BCUT2D eigenvalue weighted by atomic mass is 9.95. The second-order valence-electron chi connectivity index (χ2n) is 7.95. The van der Waals surface area contributed by atoms with Gasteiger partial charge >= 0.3 is 0 Å². The average Bonchev–Trinajstić information content (AvgIpc) is 3.28. The predicted octanol–water partition coefficient (Wildman–Crippen LogP) is 5.43. The van der Waals surface area contributed by atoms with Gasteiger partial charge in [0, 0.05) is 34.1 Å². The molecule has 0 spiro atoms. The van der Waals surface area contributed by atoms with E-state index in [0.717, 1.165) is 5.56 Å². The number of fused-ring (bicyclic) bond motifs is 1. The van der Waals surface area contributed by atoms with E-state index in [1.54, 1.807) is 35.9 Å². The first-order valence-electron chi connectivity index (χ1n) is 10.7. The number of nitro benzene ring substituents is 1. The Bertz CT molecular complexity index is 1460. The minimum absolute atomic E-state index is 0.0604. The van der Waals surface area contributed by atoms with E-state index in [-0.39, 0.29) is 11.6 Å². The maximum atomic E-state index is 13.5. The lowest BCUT2D eigenvalue weighted by Gasteiger charge is -2.28. The van der Waals surface area contributed by atoms with Gasteiger partial charge in [0.25, 0.3) is 11.6 Å². The van der Waals surface area contributed by atoms with Gasteiger partial charge in [0.05, 0.1) is 10.5 Å². The Morgan fingerprint density at radius 2 is 1.83 bits per heavy atom. The second-order valence-corrected chi connectivity index (χ2v) is 8.39. The zero-order valence-electron chi connectivity index (χ0n) is 18.5. The summed E-state index contributed by atoms with van der Waals surface area (Å²) in [5, 5.41) is 22.6. The summed E-state index contributed by atoms with van der Waals surface area (Å²) < 4.78 is 1.62. The summed E-state index contributed by atoms with van der Waals surface area (Å²) in [6.07, 6.45) is 0. The van der Waals surface area contributed by atoms with Crippen molar-refractivity contribution in [2.24, 2.45) is 0 Å². The number of allylic oxidation sites excluding steroid dienone is 1. The molecule has 0 bridgehead atoms. The molecule has 2 heterocycles. The topological polar surface area (TPSA) is 115 Å². The summed E-state index contributed by atoms with van der Waals surface area (Å²) in [5.41, 5.74) is 2.95. The SMILES string of the molecule is CC1=C(C(=O)Nc2ccccc2)C(c2ccc(Cl)cc2)n2nc(-c3cccc([N+](=O)[O-])c3)nc2N1. The van der Waals surface area contributed by atoms with Crippen molar-refractivity contribution in [3.63, 3.8) is 0 Å². The number of hydrogen-bond acceptors (Lipinski definition) is 6. The van der Waals surface area contributed by atoms with Crippen LogP contribution < -0.4 is 10.6 Å². The summed E-state index contributed by atoms with van der Waals surface area (Å²) >= 11 is 6.12. The van der Waals surface area contributed by atoms with Crippen molar-refractivity contribution in [2.75, 3.05) is 10.6 Å². The highest BCUT2D eigenvalue weighted by molar-refractivity contribution is 6.30. The van der Waals surface area contributed by atoms with E-state index in [0.29, 0.717) is 39.3 Å². The molecule has 1 atom stereocenters. The molecule has 0 radical (unpaired) electrons. The molecule has 0 aliphatic carbocycles. The third-order valence-corrected chi connectivity index (χ3v) is 5.88. The fraction of sp³-hybridized carbons (Fsp3) is 0.0800. The number of para-hydroxylation sites is 1. The lowest BCUT2D eigenvalue weighted by Crippen LogP contribution is -2.31. The highest BCUT2D eigenvalue weighted by Gasteiger charge is 2.34. The van der Waals surface area contributed by atoms with Gasteiger partial charge < -0.3 is 10.6 Å². The lowest BCUT2D eigenvalue weighted by molar-refractivity contribution is -0.384. The molecule has 1 aliphatic rings. The van der Waals surface area contributed by atoms with E-state index in [9.17, 15) is 14.9 Å². The summed E-state index contributed by atoms with van der Waals surface area (Å²) in [4.78, 5) is 28.8. The van der Waals surface area contributed by atoms with Crippen LogP contribution in [-0.4, -0.2) is 25.6 Å². The fourth-order valence-corrected chi connectivity index (χ4v) is 4.13. The van der Waals surface area contributed by atoms with Crippen LogP contribution in [0.25, 0.3) is 11.4 Å². The summed E-state index contributed by atoms with van der Waals surface area (Å²) in [6, 6.07) is 21.8. The molecule has 1 unspecified atom stereocenters. The van der Waals surface area contributed by atoms with Gasteiger partial charge in [-0.1, -0.05) is 54.1 Å². The van der Waals surface area contributed by atoms with Crippen LogP contribution in [0.1, 0.15) is 18.5 Å². The zero-order valence-corrected chi connectivity index (χ0v) is 19.2. The van der Waals surface area contributed by atoms with Gasteiger partial charge in [-0.3, -0.25) is 14.9 Å². The number of nitrogens with zero attached hydrogens (tertiary/aromatic N) is 4. The van der Waals surface area contributed by atoms with Crippen molar-refractivity contribution < 1.29 is 9.72 Å². The van der Waals surface area contributed by atoms with E-state index in [2.05, 4.69) is 20.7 Å². The molecule has 35 heavy (non-hydrogen) atoms. The van der Waals surface area contributed by atoms with E-state index < -0.39 is 11.0 Å². The Kier molecular flexibility index (Phi) is 5.76. The molecule has 3 aromatic carbocycles. The van der Waals surface area contributed by atoms with Crippen molar-refractivity contribution in [1.82, 2.24) is 14.8 Å². The summed E-state index contributed by atoms with van der Waals surface area (Å²) in [5.74, 6) is 0.423. The van der Waals surface area contributed by atoms with Gasteiger partial charge in [0.1, 0.15) is 6.04 Å². The molecule has 174 valence electrons. The number of halogens is 1. The van der Waals surface area contributed by atoms with E-state index in [1.165, 1.54) is 12.1 Å². The van der Waals surface area contributed by atoms with Crippen molar-refractivity contribution >= 4 is 34.8 Å². The third-order valence-electron chi connectivity index (χ3n) is 5.63. The van der Waals surface area contributed by atoms with Crippen molar-refractivity contribution in [3.05, 3.63) is 111 Å². The Morgan fingerprint density at radius 1 is 1.09 bits per heavy atom. The van der Waals surface area contributed by atoms with Crippen LogP contribution in [0, 0.1) is 10.1 Å². The molecular weight excluding hydrogens is 468 g/mol. The number of nitro groups is 1. The van der Waals surface area contributed by atoms with Crippen LogP contribution in [0.2, 0.25) is 5.02 Å². The molecule has 0 fully saturated rings. The zero-order chi connectivity index (χ0) is 24.5. The molecular formula is C25H19ClN6O3. The fourth-order valence-electron chi connectivity index (χ4n) is 4.00. The minimum Gasteiger partial charge on any atom is -0.328 e. The number of benzene rings is 3. The third kappa shape index (κ3) is 4.36. The van der Waals surface area contributed by atoms with Crippen LogP contribution in [0.15, 0.2) is 90.1 Å². The van der Waals surface area contributed by atoms with Crippen LogP contribution in [0.4, 0.5) is 17.3 Å². The molecule has 10 heteroatoms. The van der Waals surface area contributed by atoms with Crippen molar-refractivity contribution in [3.8, 4) is 11.4 Å². The predicted molar refractivity (Wildman–Crippen MR) is 133 cm³/mol. The number of hydrogen-bond donors (Lipinski definition) is 2. The molecule has 0 saturated heterocycles. The smallest absolute Gasteiger partial charge is 0.270 e.